The van der Waals surface area contributed by atoms with Gasteiger partial charge in [-0.05, 0) is 12.8 Å². The Morgan fingerprint density at radius 1 is 0.556 bits per heavy atom. The molecule has 0 rings (SSSR count). The number of rotatable bonds is 12. The van der Waals surface area contributed by atoms with E-state index in [1.54, 1.807) is 0 Å². The Hall–Kier alpha value is -0.294. The molecular weight excluding hydrogens is 240 g/mol. The number of unbranched alkanes of at least 4 members (excludes halogenated alkanes) is 8. The fourth-order valence-corrected chi connectivity index (χ4v) is 1.84. The van der Waals surface area contributed by atoms with E-state index in [4.69, 9.17) is 11.5 Å². The molecule has 4 N–H and O–H groups in total. The SMILES string of the molecule is NC(=O)CCCCCCCCCCCC(N)=O.[Mg]. The minimum absolute atomic E-state index is 0. The normalized spacial score (nSPS) is 9.78. The molecule has 2 amide bonds. The van der Waals surface area contributed by atoms with E-state index in [1.807, 2.05) is 0 Å². The van der Waals surface area contributed by atoms with E-state index in [9.17, 15) is 9.59 Å². The molecule has 0 saturated carbocycles. The van der Waals surface area contributed by atoms with Crippen LogP contribution in [0.3, 0.4) is 0 Å². The Labute approximate surface area is 126 Å². The van der Waals surface area contributed by atoms with Crippen molar-refractivity contribution in [3.63, 3.8) is 0 Å². The van der Waals surface area contributed by atoms with Crippen molar-refractivity contribution in [1.82, 2.24) is 0 Å². The van der Waals surface area contributed by atoms with Gasteiger partial charge in [0.1, 0.15) is 0 Å². The average Bonchev–Trinajstić information content (AvgIpc) is 2.25. The molecule has 18 heavy (non-hydrogen) atoms. The van der Waals surface area contributed by atoms with Crippen LogP contribution in [-0.4, -0.2) is 34.9 Å². The molecule has 102 valence electrons. The van der Waals surface area contributed by atoms with Crippen molar-refractivity contribution in [3.05, 3.63) is 0 Å². The predicted octanol–water partition coefficient (Wildman–Crippen LogP) is 1.87. The zero-order valence-corrected chi connectivity index (χ0v) is 12.9. The van der Waals surface area contributed by atoms with Gasteiger partial charge < -0.3 is 11.5 Å². The number of amides is 2. The van der Waals surface area contributed by atoms with Gasteiger partial charge >= 0.3 is 0 Å². The van der Waals surface area contributed by atoms with Crippen LogP contribution >= 0.6 is 0 Å². The van der Waals surface area contributed by atoms with Crippen molar-refractivity contribution in [2.24, 2.45) is 11.5 Å². The number of carbonyl (C=O) groups excluding carboxylic acids is 2. The molecule has 0 aromatic carbocycles. The first kappa shape index (κ1) is 20.0. The second-order valence-corrected chi connectivity index (χ2v) is 4.61. The second kappa shape index (κ2) is 14.8. The lowest BCUT2D eigenvalue weighted by Gasteiger charge is -2.01. The van der Waals surface area contributed by atoms with Gasteiger partial charge in [0.05, 0.1) is 0 Å². The van der Waals surface area contributed by atoms with E-state index >= 15 is 0 Å². The van der Waals surface area contributed by atoms with Gasteiger partial charge in [-0.15, -0.1) is 0 Å². The van der Waals surface area contributed by atoms with Crippen LogP contribution in [0.1, 0.15) is 70.6 Å². The molecule has 0 atom stereocenters. The van der Waals surface area contributed by atoms with Gasteiger partial charge in [-0.25, -0.2) is 0 Å². The van der Waals surface area contributed by atoms with Crippen LogP contribution in [0.4, 0.5) is 0 Å². The van der Waals surface area contributed by atoms with E-state index in [-0.39, 0.29) is 34.9 Å². The summed E-state index contributed by atoms with van der Waals surface area (Å²) in [6.45, 7) is 0. The summed E-state index contributed by atoms with van der Waals surface area (Å²) in [6, 6.07) is 0. The summed E-state index contributed by atoms with van der Waals surface area (Å²) in [5.41, 5.74) is 10.1. The molecule has 4 nitrogen and oxygen atoms in total. The van der Waals surface area contributed by atoms with Gasteiger partial charge in [-0.3, -0.25) is 9.59 Å². The van der Waals surface area contributed by atoms with Crippen molar-refractivity contribution in [1.29, 1.82) is 0 Å². The molecule has 0 aromatic rings. The molecule has 0 unspecified atom stereocenters. The Bertz CT molecular complexity index is 201. The van der Waals surface area contributed by atoms with E-state index in [1.165, 1.54) is 32.1 Å². The first-order chi connectivity index (χ1) is 8.13. The first-order valence-electron chi connectivity index (χ1n) is 6.69. The zero-order chi connectivity index (χ0) is 12.9. The standard InChI is InChI=1S/C13H26N2O2.Mg/c14-12(16)10-8-6-4-2-1-3-5-7-9-11-13(15)17;/h1-11H2,(H2,14,16)(H2,15,17);. The highest BCUT2D eigenvalue weighted by molar-refractivity contribution is 5.75. The maximum Gasteiger partial charge on any atom is 0.217 e. The average molecular weight is 267 g/mol. The molecule has 0 heterocycles. The minimum Gasteiger partial charge on any atom is -0.370 e. The van der Waals surface area contributed by atoms with Crippen LogP contribution in [0.5, 0.6) is 0 Å². The summed E-state index contributed by atoms with van der Waals surface area (Å²) in [6.07, 6.45) is 11.2. The lowest BCUT2D eigenvalue weighted by Crippen LogP contribution is -2.09. The maximum absolute atomic E-state index is 10.5. The predicted molar refractivity (Wildman–Crippen MR) is 74.9 cm³/mol. The molecular formula is C13H26MgN2O2. The highest BCUT2D eigenvalue weighted by Crippen LogP contribution is 2.11. The molecule has 0 spiro atoms. The third-order valence-electron chi connectivity index (χ3n) is 2.85. The highest BCUT2D eigenvalue weighted by Gasteiger charge is 1.96. The Kier molecular flexibility index (Phi) is 16.4. The largest absolute Gasteiger partial charge is 0.370 e. The molecule has 0 fully saturated rings. The Balaban J connectivity index is 0. The van der Waals surface area contributed by atoms with Crippen LogP contribution in [0.15, 0.2) is 0 Å². The first-order valence-corrected chi connectivity index (χ1v) is 6.69. The molecule has 0 aliphatic carbocycles. The van der Waals surface area contributed by atoms with Crippen molar-refractivity contribution in [2.75, 3.05) is 0 Å². The van der Waals surface area contributed by atoms with Crippen LogP contribution < -0.4 is 11.5 Å². The van der Waals surface area contributed by atoms with Crippen LogP contribution in [0, 0.1) is 0 Å². The van der Waals surface area contributed by atoms with Crippen LogP contribution in [0.2, 0.25) is 0 Å². The maximum atomic E-state index is 10.5. The van der Waals surface area contributed by atoms with Gasteiger partial charge in [0.15, 0.2) is 0 Å². The Morgan fingerprint density at radius 2 is 0.778 bits per heavy atom. The fraction of sp³-hybridized carbons (Fsp3) is 0.846. The van der Waals surface area contributed by atoms with Crippen LogP contribution in [0.25, 0.3) is 0 Å². The van der Waals surface area contributed by atoms with Gasteiger partial charge in [-0.1, -0.05) is 44.9 Å². The summed E-state index contributed by atoms with van der Waals surface area (Å²) in [4.78, 5) is 20.9. The third kappa shape index (κ3) is 18.1. The fourth-order valence-electron chi connectivity index (χ4n) is 1.84. The number of hydrogen-bond acceptors (Lipinski definition) is 2. The number of nitrogens with two attached hydrogens (primary N) is 2. The molecule has 2 radical (unpaired) electrons. The zero-order valence-electron chi connectivity index (χ0n) is 11.5. The molecule has 0 aliphatic heterocycles. The van der Waals surface area contributed by atoms with E-state index in [0.717, 1.165) is 25.7 Å². The smallest absolute Gasteiger partial charge is 0.217 e. The molecule has 0 saturated heterocycles. The molecule has 0 bridgehead atoms. The second-order valence-electron chi connectivity index (χ2n) is 4.61. The summed E-state index contributed by atoms with van der Waals surface area (Å²) < 4.78 is 0. The van der Waals surface area contributed by atoms with E-state index < -0.39 is 0 Å². The van der Waals surface area contributed by atoms with Gasteiger partial charge in [0.2, 0.25) is 11.8 Å². The lowest BCUT2D eigenvalue weighted by molar-refractivity contribution is -0.119. The van der Waals surface area contributed by atoms with Crippen molar-refractivity contribution in [3.8, 4) is 0 Å². The number of hydrogen-bond donors (Lipinski definition) is 2. The summed E-state index contributed by atoms with van der Waals surface area (Å²) >= 11 is 0. The van der Waals surface area contributed by atoms with E-state index in [0.29, 0.717) is 12.8 Å². The topological polar surface area (TPSA) is 86.2 Å². The number of carbonyl (C=O) groups is 2. The van der Waals surface area contributed by atoms with Crippen molar-refractivity contribution in [2.45, 2.75) is 70.6 Å². The Morgan fingerprint density at radius 3 is 1.00 bits per heavy atom. The monoisotopic (exact) mass is 266 g/mol. The highest BCUT2D eigenvalue weighted by atomic mass is 24.3. The summed E-state index contributed by atoms with van der Waals surface area (Å²) in [5.74, 6) is -0.390. The summed E-state index contributed by atoms with van der Waals surface area (Å²) in [5, 5.41) is 0. The lowest BCUT2D eigenvalue weighted by atomic mass is 10.1. The molecule has 5 heteroatoms. The van der Waals surface area contributed by atoms with Crippen LogP contribution in [-0.2, 0) is 9.59 Å². The molecule has 0 aliphatic rings. The number of primary amides is 2. The third-order valence-corrected chi connectivity index (χ3v) is 2.85. The molecule has 0 aromatic heterocycles. The quantitative estimate of drug-likeness (QED) is 0.417. The minimum atomic E-state index is -0.195. The van der Waals surface area contributed by atoms with Gasteiger partial charge in [0.25, 0.3) is 0 Å². The van der Waals surface area contributed by atoms with Crippen molar-refractivity contribution >= 4 is 34.9 Å². The van der Waals surface area contributed by atoms with Gasteiger partial charge in [0, 0.05) is 35.9 Å². The van der Waals surface area contributed by atoms with Crippen molar-refractivity contribution < 1.29 is 9.59 Å². The summed E-state index contributed by atoms with van der Waals surface area (Å²) in [7, 11) is 0. The van der Waals surface area contributed by atoms with Gasteiger partial charge in [-0.2, -0.15) is 0 Å². The van der Waals surface area contributed by atoms with E-state index in [2.05, 4.69) is 0 Å².